The Bertz CT molecular complexity index is 365. The van der Waals surface area contributed by atoms with Crippen molar-refractivity contribution in [2.75, 3.05) is 26.8 Å². The minimum atomic E-state index is 0.0387. The molecule has 0 radical (unpaired) electrons. The maximum Gasteiger partial charge on any atom is 0.221 e. The number of amides is 1. The highest BCUT2D eigenvalue weighted by Gasteiger charge is 2.09. The van der Waals surface area contributed by atoms with Gasteiger partial charge in [-0.25, -0.2) is 0 Å². The van der Waals surface area contributed by atoms with Gasteiger partial charge in [-0.05, 0) is 13.0 Å². The topological polar surface area (TPSA) is 68.2 Å². The van der Waals surface area contributed by atoms with E-state index in [0.29, 0.717) is 26.1 Å². The highest BCUT2D eigenvalue weighted by atomic mass is 16.5. The van der Waals surface area contributed by atoms with E-state index in [0.717, 1.165) is 5.69 Å². The van der Waals surface area contributed by atoms with Crippen LogP contribution in [0.1, 0.15) is 25.1 Å². The fourth-order valence-electron chi connectivity index (χ4n) is 1.70. The van der Waals surface area contributed by atoms with Gasteiger partial charge in [-0.1, -0.05) is 0 Å². The highest BCUT2D eigenvalue weighted by Crippen LogP contribution is 2.09. The van der Waals surface area contributed by atoms with Gasteiger partial charge in [0.25, 0.3) is 0 Å². The normalized spacial score (nSPS) is 12.4. The largest absolute Gasteiger partial charge is 0.383 e. The summed E-state index contributed by atoms with van der Waals surface area (Å²) in [5.41, 5.74) is 1.11. The van der Waals surface area contributed by atoms with E-state index in [2.05, 4.69) is 22.7 Å². The fourth-order valence-corrected chi connectivity index (χ4v) is 1.70. The molecule has 6 nitrogen and oxygen atoms in total. The summed E-state index contributed by atoms with van der Waals surface area (Å²) in [5, 5.41) is 10.2. The smallest absolute Gasteiger partial charge is 0.221 e. The molecular formula is C12H22N4O2. The van der Waals surface area contributed by atoms with Crippen LogP contribution in [0.25, 0.3) is 0 Å². The van der Waals surface area contributed by atoms with Crippen LogP contribution in [-0.4, -0.2) is 42.5 Å². The molecule has 0 spiro atoms. The summed E-state index contributed by atoms with van der Waals surface area (Å²) in [7, 11) is 3.52. The van der Waals surface area contributed by atoms with Crippen molar-refractivity contribution >= 4 is 5.91 Å². The van der Waals surface area contributed by atoms with E-state index >= 15 is 0 Å². The average Bonchev–Trinajstić information content (AvgIpc) is 2.76. The summed E-state index contributed by atoms with van der Waals surface area (Å²) in [6, 6.07) is 2.15. The number of carbonyl (C=O) groups excluding carboxylic acids is 1. The highest BCUT2D eigenvalue weighted by molar-refractivity contribution is 5.76. The minimum Gasteiger partial charge on any atom is -0.383 e. The molecule has 6 heteroatoms. The lowest BCUT2D eigenvalue weighted by Gasteiger charge is -2.14. The Kier molecular flexibility index (Phi) is 6.38. The Hall–Kier alpha value is -1.40. The summed E-state index contributed by atoms with van der Waals surface area (Å²) in [6.45, 7) is 3.81. The quantitative estimate of drug-likeness (QED) is 0.651. The van der Waals surface area contributed by atoms with Gasteiger partial charge in [-0.15, -0.1) is 0 Å². The molecule has 0 saturated heterocycles. The summed E-state index contributed by atoms with van der Waals surface area (Å²) in [4.78, 5) is 11.4. The van der Waals surface area contributed by atoms with Crippen LogP contribution in [0, 0.1) is 0 Å². The Morgan fingerprint density at radius 1 is 1.56 bits per heavy atom. The van der Waals surface area contributed by atoms with Crippen LogP contribution >= 0.6 is 0 Å². The number of aromatic nitrogens is 2. The van der Waals surface area contributed by atoms with Crippen LogP contribution in [0.4, 0.5) is 0 Å². The number of nitrogens with one attached hydrogen (secondary N) is 2. The molecule has 0 aromatic carbocycles. The standard InChI is InChI=1S/C12H22N4O2/c1-10(11-4-7-15-16(11)2)13-6-5-12(17)14-8-9-18-3/h4,7,10,13H,5-6,8-9H2,1-3H3,(H,14,17). The molecule has 1 atom stereocenters. The Labute approximate surface area is 108 Å². The third-order valence-electron chi connectivity index (χ3n) is 2.73. The number of nitrogens with zero attached hydrogens (tertiary/aromatic N) is 2. The van der Waals surface area contributed by atoms with E-state index in [1.165, 1.54) is 0 Å². The van der Waals surface area contributed by atoms with E-state index in [1.54, 1.807) is 13.3 Å². The monoisotopic (exact) mass is 254 g/mol. The van der Waals surface area contributed by atoms with Gasteiger partial charge in [0.15, 0.2) is 0 Å². The second kappa shape index (κ2) is 7.84. The first-order valence-electron chi connectivity index (χ1n) is 6.12. The number of ether oxygens (including phenoxy) is 1. The van der Waals surface area contributed by atoms with Gasteiger partial charge in [0.05, 0.1) is 12.3 Å². The first-order chi connectivity index (χ1) is 8.65. The molecule has 0 aliphatic carbocycles. The van der Waals surface area contributed by atoms with Crippen molar-refractivity contribution in [3.8, 4) is 0 Å². The Morgan fingerprint density at radius 3 is 2.94 bits per heavy atom. The maximum absolute atomic E-state index is 11.4. The minimum absolute atomic E-state index is 0.0387. The van der Waals surface area contributed by atoms with Crippen molar-refractivity contribution < 1.29 is 9.53 Å². The number of carbonyl (C=O) groups is 1. The van der Waals surface area contributed by atoms with Gasteiger partial charge >= 0.3 is 0 Å². The second-order valence-corrected chi connectivity index (χ2v) is 4.15. The lowest BCUT2D eigenvalue weighted by atomic mass is 10.2. The molecule has 0 fully saturated rings. The molecule has 2 N–H and O–H groups in total. The lowest BCUT2D eigenvalue weighted by molar-refractivity contribution is -0.121. The van der Waals surface area contributed by atoms with Crippen molar-refractivity contribution in [3.05, 3.63) is 18.0 Å². The first-order valence-corrected chi connectivity index (χ1v) is 6.12. The molecule has 1 aromatic heterocycles. The third-order valence-corrected chi connectivity index (χ3v) is 2.73. The summed E-state index contributed by atoms with van der Waals surface area (Å²) in [5.74, 6) is 0.0387. The van der Waals surface area contributed by atoms with Crippen LogP contribution in [0.2, 0.25) is 0 Å². The van der Waals surface area contributed by atoms with E-state index < -0.39 is 0 Å². The third kappa shape index (κ3) is 4.85. The van der Waals surface area contributed by atoms with Crippen LogP contribution in [0.15, 0.2) is 12.3 Å². The number of aryl methyl sites for hydroxylation is 1. The zero-order valence-corrected chi connectivity index (χ0v) is 11.3. The van der Waals surface area contributed by atoms with E-state index in [1.807, 2.05) is 17.8 Å². The van der Waals surface area contributed by atoms with Crippen molar-refractivity contribution in [1.29, 1.82) is 0 Å². The number of hydrogen-bond acceptors (Lipinski definition) is 4. The van der Waals surface area contributed by atoms with Crippen molar-refractivity contribution in [3.63, 3.8) is 0 Å². The number of hydrogen-bond donors (Lipinski definition) is 2. The molecular weight excluding hydrogens is 232 g/mol. The van der Waals surface area contributed by atoms with E-state index in [9.17, 15) is 4.79 Å². The van der Waals surface area contributed by atoms with Gasteiger partial charge in [0.2, 0.25) is 5.91 Å². The molecule has 0 saturated carbocycles. The zero-order valence-electron chi connectivity index (χ0n) is 11.3. The Morgan fingerprint density at radius 2 is 2.33 bits per heavy atom. The van der Waals surface area contributed by atoms with Gasteiger partial charge in [-0.3, -0.25) is 9.48 Å². The molecule has 0 aliphatic heterocycles. The van der Waals surface area contributed by atoms with Gasteiger partial charge in [0.1, 0.15) is 0 Å². The predicted molar refractivity (Wildman–Crippen MR) is 69.1 cm³/mol. The number of methoxy groups -OCH3 is 1. The number of rotatable bonds is 8. The van der Waals surface area contributed by atoms with Gasteiger partial charge in [0, 0.05) is 45.9 Å². The SMILES string of the molecule is COCCNC(=O)CCNC(C)c1ccnn1C. The molecule has 0 aliphatic rings. The van der Waals surface area contributed by atoms with Gasteiger partial charge in [-0.2, -0.15) is 5.10 Å². The summed E-state index contributed by atoms with van der Waals surface area (Å²) >= 11 is 0. The fraction of sp³-hybridized carbons (Fsp3) is 0.667. The van der Waals surface area contributed by atoms with Gasteiger partial charge < -0.3 is 15.4 Å². The molecule has 1 heterocycles. The predicted octanol–water partition coefficient (Wildman–Crippen LogP) is 0.223. The molecule has 0 bridgehead atoms. The van der Waals surface area contributed by atoms with E-state index in [4.69, 9.17) is 4.74 Å². The van der Waals surface area contributed by atoms with Crippen LogP contribution in [-0.2, 0) is 16.6 Å². The lowest BCUT2D eigenvalue weighted by Crippen LogP contribution is -2.31. The first kappa shape index (κ1) is 14.7. The molecule has 1 unspecified atom stereocenters. The molecule has 1 amide bonds. The molecule has 102 valence electrons. The average molecular weight is 254 g/mol. The summed E-state index contributed by atoms with van der Waals surface area (Å²) in [6.07, 6.45) is 2.23. The van der Waals surface area contributed by atoms with E-state index in [-0.39, 0.29) is 11.9 Å². The second-order valence-electron chi connectivity index (χ2n) is 4.15. The van der Waals surface area contributed by atoms with Crippen molar-refractivity contribution in [2.45, 2.75) is 19.4 Å². The molecule has 1 aromatic rings. The van der Waals surface area contributed by atoms with Crippen LogP contribution in [0.5, 0.6) is 0 Å². The summed E-state index contributed by atoms with van der Waals surface area (Å²) < 4.78 is 6.69. The van der Waals surface area contributed by atoms with Crippen LogP contribution in [0.3, 0.4) is 0 Å². The van der Waals surface area contributed by atoms with Crippen molar-refractivity contribution in [2.24, 2.45) is 7.05 Å². The molecule has 1 rings (SSSR count). The molecule has 18 heavy (non-hydrogen) atoms. The maximum atomic E-state index is 11.4. The van der Waals surface area contributed by atoms with Crippen LogP contribution < -0.4 is 10.6 Å². The zero-order chi connectivity index (χ0) is 13.4. The Balaban J connectivity index is 2.18. The van der Waals surface area contributed by atoms with Crippen molar-refractivity contribution in [1.82, 2.24) is 20.4 Å².